The SMILES string of the molecule is CCC(C)c1ccc(-c2c(C)c(CN)nn2C)cc1. The minimum atomic E-state index is 0.491. The number of nitrogens with zero attached hydrogens (tertiary/aromatic N) is 2. The van der Waals surface area contributed by atoms with Crippen molar-refractivity contribution in [2.24, 2.45) is 12.8 Å². The summed E-state index contributed by atoms with van der Waals surface area (Å²) >= 11 is 0. The lowest BCUT2D eigenvalue weighted by Gasteiger charge is -2.10. The van der Waals surface area contributed by atoms with Crippen LogP contribution in [-0.2, 0) is 13.6 Å². The molecule has 1 heterocycles. The van der Waals surface area contributed by atoms with Crippen LogP contribution in [0.25, 0.3) is 11.3 Å². The number of rotatable bonds is 4. The van der Waals surface area contributed by atoms with E-state index >= 15 is 0 Å². The first-order chi connectivity index (χ1) is 9.08. The lowest BCUT2D eigenvalue weighted by Crippen LogP contribution is -1.99. The van der Waals surface area contributed by atoms with E-state index in [0.717, 1.165) is 11.4 Å². The molecule has 0 bridgehead atoms. The highest BCUT2D eigenvalue weighted by Crippen LogP contribution is 2.27. The first-order valence-corrected chi connectivity index (χ1v) is 6.91. The van der Waals surface area contributed by atoms with Gasteiger partial charge in [0.15, 0.2) is 0 Å². The summed E-state index contributed by atoms with van der Waals surface area (Å²) in [5.41, 5.74) is 11.6. The molecule has 2 rings (SSSR count). The number of nitrogens with two attached hydrogens (primary N) is 1. The second-order valence-electron chi connectivity index (χ2n) is 5.18. The monoisotopic (exact) mass is 257 g/mol. The van der Waals surface area contributed by atoms with Crippen molar-refractivity contribution in [3.8, 4) is 11.3 Å². The highest BCUT2D eigenvalue weighted by molar-refractivity contribution is 5.64. The highest BCUT2D eigenvalue weighted by atomic mass is 15.3. The van der Waals surface area contributed by atoms with Crippen LogP contribution in [0.4, 0.5) is 0 Å². The minimum absolute atomic E-state index is 0.491. The Morgan fingerprint density at radius 1 is 1.26 bits per heavy atom. The Labute approximate surface area is 115 Å². The summed E-state index contributed by atoms with van der Waals surface area (Å²) in [4.78, 5) is 0. The summed E-state index contributed by atoms with van der Waals surface area (Å²) in [7, 11) is 1.98. The van der Waals surface area contributed by atoms with Crippen LogP contribution < -0.4 is 5.73 Å². The summed E-state index contributed by atoms with van der Waals surface area (Å²) in [6, 6.07) is 8.81. The maximum Gasteiger partial charge on any atom is 0.0795 e. The number of hydrogen-bond donors (Lipinski definition) is 1. The number of hydrogen-bond acceptors (Lipinski definition) is 2. The van der Waals surface area contributed by atoms with Crippen molar-refractivity contribution in [3.63, 3.8) is 0 Å². The molecule has 102 valence electrons. The summed E-state index contributed by atoms with van der Waals surface area (Å²) in [6.07, 6.45) is 1.17. The van der Waals surface area contributed by atoms with Gasteiger partial charge in [0, 0.05) is 19.2 Å². The van der Waals surface area contributed by atoms with Crippen molar-refractivity contribution in [3.05, 3.63) is 41.1 Å². The van der Waals surface area contributed by atoms with E-state index in [4.69, 9.17) is 5.73 Å². The molecule has 0 amide bonds. The van der Waals surface area contributed by atoms with Crippen LogP contribution >= 0.6 is 0 Å². The van der Waals surface area contributed by atoms with Crippen molar-refractivity contribution >= 4 is 0 Å². The fourth-order valence-corrected chi connectivity index (χ4v) is 2.49. The highest BCUT2D eigenvalue weighted by Gasteiger charge is 2.13. The number of aryl methyl sites for hydroxylation is 1. The fraction of sp³-hybridized carbons (Fsp3) is 0.438. The van der Waals surface area contributed by atoms with Gasteiger partial charge >= 0.3 is 0 Å². The van der Waals surface area contributed by atoms with Crippen molar-refractivity contribution < 1.29 is 0 Å². The van der Waals surface area contributed by atoms with Gasteiger partial charge in [-0.15, -0.1) is 0 Å². The Hall–Kier alpha value is -1.61. The molecule has 1 aromatic heterocycles. The first kappa shape index (κ1) is 13.8. The van der Waals surface area contributed by atoms with Crippen molar-refractivity contribution in [1.82, 2.24) is 9.78 Å². The van der Waals surface area contributed by atoms with Gasteiger partial charge in [-0.25, -0.2) is 0 Å². The normalized spacial score (nSPS) is 12.7. The van der Waals surface area contributed by atoms with Crippen LogP contribution in [0.15, 0.2) is 24.3 Å². The second kappa shape index (κ2) is 5.57. The van der Waals surface area contributed by atoms with E-state index in [1.165, 1.54) is 23.1 Å². The van der Waals surface area contributed by atoms with E-state index in [9.17, 15) is 0 Å². The topological polar surface area (TPSA) is 43.8 Å². The fourth-order valence-electron chi connectivity index (χ4n) is 2.49. The van der Waals surface area contributed by atoms with Gasteiger partial charge in [0.05, 0.1) is 11.4 Å². The molecule has 0 saturated carbocycles. The molecule has 3 nitrogen and oxygen atoms in total. The van der Waals surface area contributed by atoms with Crippen LogP contribution in [0.5, 0.6) is 0 Å². The van der Waals surface area contributed by atoms with Crippen molar-refractivity contribution in [2.75, 3.05) is 0 Å². The summed E-state index contributed by atoms with van der Waals surface area (Å²) in [5.74, 6) is 0.612. The molecule has 0 aliphatic carbocycles. The Balaban J connectivity index is 2.40. The summed E-state index contributed by atoms with van der Waals surface area (Å²) in [6.45, 7) is 7.06. The molecule has 1 unspecified atom stereocenters. The van der Waals surface area contributed by atoms with Gasteiger partial charge in [-0.05, 0) is 30.4 Å². The molecular weight excluding hydrogens is 234 g/mol. The quantitative estimate of drug-likeness (QED) is 0.912. The van der Waals surface area contributed by atoms with Gasteiger partial charge in [0.25, 0.3) is 0 Å². The van der Waals surface area contributed by atoms with Crippen LogP contribution in [0.1, 0.15) is 43.0 Å². The van der Waals surface area contributed by atoms with E-state index in [0.29, 0.717) is 12.5 Å². The van der Waals surface area contributed by atoms with Crippen LogP contribution in [-0.4, -0.2) is 9.78 Å². The van der Waals surface area contributed by atoms with E-state index in [1.54, 1.807) is 0 Å². The van der Waals surface area contributed by atoms with Crippen LogP contribution in [0.3, 0.4) is 0 Å². The Morgan fingerprint density at radius 3 is 2.37 bits per heavy atom. The van der Waals surface area contributed by atoms with Crippen LogP contribution in [0, 0.1) is 6.92 Å². The van der Waals surface area contributed by atoms with Gasteiger partial charge in [-0.1, -0.05) is 38.1 Å². The molecule has 0 saturated heterocycles. The standard InChI is InChI=1S/C16H23N3/c1-5-11(2)13-6-8-14(9-7-13)16-12(3)15(10-17)18-19(16)4/h6-9,11H,5,10,17H2,1-4H3. The molecule has 3 heteroatoms. The maximum atomic E-state index is 5.72. The summed E-state index contributed by atoms with van der Waals surface area (Å²) in [5, 5.41) is 4.47. The van der Waals surface area contributed by atoms with Crippen molar-refractivity contribution in [2.45, 2.75) is 39.7 Å². The van der Waals surface area contributed by atoms with Gasteiger partial charge in [0.1, 0.15) is 0 Å². The molecule has 1 atom stereocenters. The Bertz CT molecular complexity index is 552. The van der Waals surface area contributed by atoms with E-state index < -0.39 is 0 Å². The Morgan fingerprint density at radius 2 is 1.89 bits per heavy atom. The lowest BCUT2D eigenvalue weighted by atomic mass is 9.96. The zero-order valence-electron chi connectivity index (χ0n) is 12.3. The van der Waals surface area contributed by atoms with Crippen LogP contribution in [0.2, 0.25) is 0 Å². The predicted octanol–water partition coefficient (Wildman–Crippen LogP) is 3.37. The van der Waals surface area contributed by atoms with Crippen molar-refractivity contribution in [1.29, 1.82) is 0 Å². The first-order valence-electron chi connectivity index (χ1n) is 6.91. The lowest BCUT2D eigenvalue weighted by molar-refractivity contribution is 0.733. The minimum Gasteiger partial charge on any atom is -0.325 e. The largest absolute Gasteiger partial charge is 0.325 e. The third kappa shape index (κ3) is 2.56. The smallest absolute Gasteiger partial charge is 0.0795 e. The van der Waals surface area contributed by atoms with Gasteiger partial charge in [0.2, 0.25) is 0 Å². The zero-order valence-corrected chi connectivity index (χ0v) is 12.3. The molecule has 0 fully saturated rings. The molecular formula is C16H23N3. The average Bonchev–Trinajstić information content (AvgIpc) is 2.72. The third-order valence-electron chi connectivity index (χ3n) is 3.94. The molecule has 0 spiro atoms. The van der Waals surface area contributed by atoms with Gasteiger partial charge in [-0.3, -0.25) is 4.68 Å². The maximum absolute atomic E-state index is 5.72. The second-order valence-corrected chi connectivity index (χ2v) is 5.18. The molecule has 0 radical (unpaired) electrons. The third-order valence-corrected chi connectivity index (χ3v) is 3.94. The van der Waals surface area contributed by atoms with E-state index in [2.05, 4.69) is 50.1 Å². The molecule has 1 aromatic carbocycles. The predicted molar refractivity (Wildman–Crippen MR) is 80.0 cm³/mol. The molecule has 2 N–H and O–H groups in total. The Kier molecular flexibility index (Phi) is 4.05. The molecule has 2 aromatic rings. The van der Waals surface area contributed by atoms with Gasteiger partial charge in [-0.2, -0.15) is 5.10 Å². The molecule has 0 aliphatic rings. The summed E-state index contributed by atoms with van der Waals surface area (Å²) < 4.78 is 1.93. The molecule has 19 heavy (non-hydrogen) atoms. The van der Waals surface area contributed by atoms with E-state index in [1.807, 2.05) is 11.7 Å². The number of aromatic nitrogens is 2. The van der Waals surface area contributed by atoms with Gasteiger partial charge < -0.3 is 5.73 Å². The van der Waals surface area contributed by atoms with E-state index in [-0.39, 0.29) is 0 Å². The average molecular weight is 257 g/mol. The zero-order chi connectivity index (χ0) is 14.0. The number of benzene rings is 1. The molecule has 0 aliphatic heterocycles.